The molecule has 0 saturated carbocycles. The van der Waals surface area contributed by atoms with Crippen molar-refractivity contribution < 1.29 is 9.26 Å². The van der Waals surface area contributed by atoms with E-state index in [1.807, 2.05) is 24.3 Å². The molecule has 96 valence electrons. The third-order valence-electron chi connectivity index (χ3n) is 2.57. The van der Waals surface area contributed by atoms with Gasteiger partial charge in [-0.25, -0.2) is 0 Å². The molecule has 0 saturated heterocycles. The molecule has 0 unspecified atom stereocenters. The number of aromatic nitrogens is 2. The fourth-order valence-corrected chi connectivity index (χ4v) is 1.54. The van der Waals surface area contributed by atoms with E-state index in [4.69, 9.17) is 15.0 Å². The first kappa shape index (κ1) is 12.6. The van der Waals surface area contributed by atoms with Crippen molar-refractivity contribution in [3.05, 3.63) is 41.5 Å². The van der Waals surface area contributed by atoms with Crippen LogP contribution in [-0.4, -0.2) is 16.7 Å². The average molecular weight is 247 g/mol. The first-order chi connectivity index (χ1) is 8.81. The summed E-state index contributed by atoms with van der Waals surface area (Å²) in [5, 5.41) is 3.82. The lowest BCUT2D eigenvalue weighted by atomic mass is 10.2. The Morgan fingerprint density at radius 2 is 2.06 bits per heavy atom. The predicted octanol–water partition coefficient (Wildman–Crippen LogP) is 1.71. The van der Waals surface area contributed by atoms with E-state index in [0.29, 0.717) is 31.3 Å². The Morgan fingerprint density at radius 1 is 1.28 bits per heavy atom. The van der Waals surface area contributed by atoms with E-state index in [0.717, 1.165) is 12.2 Å². The molecule has 0 aliphatic rings. The van der Waals surface area contributed by atoms with Gasteiger partial charge in [-0.05, 0) is 24.1 Å². The lowest BCUT2D eigenvalue weighted by molar-refractivity contribution is 0.285. The Kier molecular flexibility index (Phi) is 4.30. The van der Waals surface area contributed by atoms with Crippen LogP contribution in [0.25, 0.3) is 0 Å². The van der Waals surface area contributed by atoms with Gasteiger partial charge in [0.25, 0.3) is 0 Å². The summed E-state index contributed by atoms with van der Waals surface area (Å²) >= 11 is 0. The maximum Gasteiger partial charge on any atom is 0.228 e. The minimum absolute atomic E-state index is 0.305. The second-order valence-corrected chi connectivity index (χ2v) is 3.93. The monoisotopic (exact) mass is 247 g/mol. The zero-order valence-corrected chi connectivity index (χ0v) is 10.4. The van der Waals surface area contributed by atoms with Crippen LogP contribution >= 0.6 is 0 Å². The highest BCUT2D eigenvalue weighted by atomic mass is 16.5. The number of hydrogen-bond acceptors (Lipinski definition) is 5. The Bertz CT molecular complexity index is 479. The Hall–Kier alpha value is -1.88. The van der Waals surface area contributed by atoms with Crippen molar-refractivity contribution in [3.63, 3.8) is 0 Å². The van der Waals surface area contributed by atoms with Crippen molar-refractivity contribution >= 4 is 0 Å². The molecule has 5 nitrogen and oxygen atoms in total. The zero-order chi connectivity index (χ0) is 12.8. The molecule has 2 aromatic rings. The second-order valence-electron chi connectivity index (χ2n) is 3.93. The minimum Gasteiger partial charge on any atom is -0.485 e. The molecule has 0 fully saturated rings. The Morgan fingerprint density at radius 3 is 2.72 bits per heavy atom. The summed E-state index contributed by atoms with van der Waals surface area (Å²) in [6.45, 7) is 2.93. The largest absolute Gasteiger partial charge is 0.485 e. The molecule has 2 N–H and O–H groups in total. The van der Waals surface area contributed by atoms with E-state index in [-0.39, 0.29) is 0 Å². The SMILES string of the molecule is CCc1ccc(OCc2noc(CCN)n2)cc1. The molecule has 0 amide bonds. The number of nitrogens with two attached hydrogens (primary N) is 1. The number of benzene rings is 1. The quantitative estimate of drug-likeness (QED) is 0.841. The Labute approximate surface area is 106 Å². The van der Waals surface area contributed by atoms with Crippen LogP contribution in [0, 0.1) is 0 Å². The minimum atomic E-state index is 0.305. The molecule has 0 spiro atoms. The third kappa shape index (κ3) is 3.30. The normalized spacial score (nSPS) is 10.6. The average Bonchev–Trinajstić information content (AvgIpc) is 2.85. The maximum absolute atomic E-state index is 5.57. The predicted molar refractivity (Wildman–Crippen MR) is 67.2 cm³/mol. The van der Waals surface area contributed by atoms with Gasteiger partial charge < -0.3 is 15.0 Å². The maximum atomic E-state index is 5.57. The van der Waals surface area contributed by atoms with Gasteiger partial charge in [-0.2, -0.15) is 4.98 Å². The smallest absolute Gasteiger partial charge is 0.228 e. The molecule has 1 aromatic carbocycles. The molecule has 0 bridgehead atoms. The summed E-state index contributed by atoms with van der Waals surface area (Å²) in [6.07, 6.45) is 1.62. The van der Waals surface area contributed by atoms with Gasteiger partial charge in [0.2, 0.25) is 11.7 Å². The highest BCUT2D eigenvalue weighted by molar-refractivity contribution is 5.27. The van der Waals surface area contributed by atoms with Gasteiger partial charge in [-0.1, -0.05) is 24.2 Å². The molecular weight excluding hydrogens is 230 g/mol. The molecule has 0 aliphatic carbocycles. The van der Waals surface area contributed by atoms with Gasteiger partial charge in [0.15, 0.2) is 6.61 Å². The van der Waals surface area contributed by atoms with Crippen LogP contribution in [0.3, 0.4) is 0 Å². The Balaban J connectivity index is 1.89. The fraction of sp³-hybridized carbons (Fsp3) is 0.385. The molecule has 5 heteroatoms. The highest BCUT2D eigenvalue weighted by Gasteiger charge is 2.05. The third-order valence-corrected chi connectivity index (χ3v) is 2.57. The number of ether oxygens (including phenoxy) is 1. The topological polar surface area (TPSA) is 74.2 Å². The molecular formula is C13H17N3O2. The molecule has 18 heavy (non-hydrogen) atoms. The van der Waals surface area contributed by atoms with Gasteiger partial charge in [0.1, 0.15) is 5.75 Å². The van der Waals surface area contributed by atoms with E-state index in [9.17, 15) is 0 Å². The van der Waals surface area contributed by atoms with E-state index in [1.165, 1.54) is 5.56 Å². The van der Waals surface area contributed by atoms with Crippen LogP contribution in [-0.2, 0) is 19.4 Å². The van der Waals surface area contributed by atoms with Gasteiger partial charge >= 0.3 is 0 Å². The number of nitrogens with zero attached hydrogens (tertiary/aromatic N) is 2. The van der Waals surface area contributed by atoms with Crippen molar-refractivity contribution in [1.29, 1.82) is 0 Å². The number of rotatable bonds is 6. The van der Waals surface area contributed by atoms with Crippen LogP contribution in [0.2, 0.25) is 0 Å². The summed E-state index contributed by atoms with van der Waals surface area (Å²) < 4.78 is 10.6. The molecule has 0 radical (unpaired) electrons. The first-order valence-corrected chi connectivity index (χ1v) is 6.05. The van der Waals surface area contributed by atoms with E-state index < -0.39 is 0 Å². The summed E-state index contributed by atoms with van der Waals surface area (Å²) in [6, 6.07) is 7.98. The lowest BCUT2D eigenvalue weighted by Crippen LogP contribution is -2.03. The highest BCUT2D eigenvalue weighted by Crippen LogP contribution is 2.13. The first-order valence-electron chi connectivity index (χ1n) is 6.05. The fourth-order valence-electron chi connectivity index (χ4n) is 1.54. The lowest BCUT2D eigenvalue weighted by Gasteiger charge is -2.03. The summed E-state index contributed by atoms with van der Waals surface area (Å²) in [4.78, 5) is 4.17. The van der Waals surface area contributed by atoms with Crippen LogP contribution in [0.1, 0.15) is 24.2 Å². The van der Waals surface area contributed by atoms with Crippen LogP contribution < -0.4 is 10.5 Å². The number of aryl methyl sites for hydroxylation is 1. The summed E-state index contributed by atoms with van der Waals surface area (Å²) in [5.41, 5.74) is 6.69. The van der Waals surface area contributed by atoms with Gasteiger partial charge in [0, 0.05) is 13.0 Å². The van der Waals surface area contributed by atoms with Crippen molar-refractivity contribution in [1.82, 2.24) is 10.1 Å². The zero-order valence-electron chi connectivity index (χ0n) is 10.4. The van der Waals surface area contributed by atoms with Crippen LogP contribution in [0.5, 0.6) is 5.75 Å². The van der Waals surface area contributed by atoms with Gasteiger partial charge in [0.05, 0.1) is 0 Å². The molecule has 1 aromatic heterocycles. The van der Waals surface area contributed by atoms with Gasteiger partial charge in [-0.15, -0.1) is 0 Å². The van der Waals surface area contributed by atoms with E-state index in [1.54, 1.807) is 0 Å². The van der Waals surface area contributed by atoms with Crippen molar-refractivity contribution in [2.75, 3.05) is 6.54 Å². The van der Waals surface area contributed by atoms with E-state index >= 15 is 0 Å². The van der Waals surface area contributed by atoms with Crippen LogP contribution in [0.15, 0.2) is 28.8 Å². The summed E-state index contributed by atoms with van der Waals surface area (Å²) in [7, 11) is 0. The van der Waals surface area contributed by atoms with Crippen molar-refractivity contribution in [2.45, 2.75) is 26.4 Å². The standard InChI is InChI=1S/C13H17N3O2/c1-2-10-3-5-11(6-4-10)17-9-12-15-13(7-8-14)18-16-12/h3-6H,2,7-9,14H2,1H3. The van der Waals surface area contributed by atoms with Crippen molar-refractivity contribution in [3.8, 4) is 5.75 Å². The number of hydrogen-bond donors (Lipinski definition) is 1. The van der Waals surface area contributed by atoms with E-state index in [2.05, 4.69) is 17.1 Å². The molecule has 0 atom stereocenters. The molecule has 2 rings (SSSR count). The van der Waals surface area contributed by atoms with Gasteiger partial charge in [-0.3, -0.25) is 0 Å². The van der Waals surface area contributed by atoms with Crippen LogP contribution in [0.4, 0.5) is 0 Å². The van der Waals surface area contributed by atoms with Crippen molar-refractivity contribution in [2.24, 2.45) is 5.73 Å². The summed E-state index contributed by atoms with van der Waals surface area (Å²) in [5.74, 6) is 1.90. The molecule has 0 aliphatic heterocycles. The molecule has 1 heterocycles. The second kappa shape index (κ2) is 6.16.